The van der Waals surface area contributed by atoms with E-state index in [2.05, 4.69) is 4.90 Å². The molecule has 0 N–H and O–H groups in total. The maximum absolute atomic E-state index is 14.5. The molecule has 0 aliphatic carbocycles. The first-order valence-corrected chi connectivity index (χ1v) is 17.3. The van der Waals surface area contributed by atoms with Crippen LogP contribution in [0.1, 0.15) is 79.3 Å². The summed E-state index contributed by atoms with van der Waals surface area (Å²) in [7, 11) is 0. The summed E-state index contributed by atoms with van der Waals surface area (Å²) in [4.78, 5) is 31.2. The van der Waals surface area contributed by atoms with Crippen LogP contribution in [0.3, 0.4) is 0 Å². The van der Waals surface area contributed by atoms with E-state index in [0.717, 1.165) is 61.2 Å². The zero-order valence-corrected chi connectivity index (χ0v) is 28.3. The maximum Gasteiger partial charge on any atom is 0.417 e. The number of amides is 2. The second-order valence-electron chi connectivity index (χ2n) is 13.8. The molecular weight excluding hydrogens is 644 g/mol. The fourth-order valence-electron chi connectivity index (χ4n) is 7.31. The fourth-order valence-corrected chi connectivity index (χ4v) is 7.31. The van der Waals surface area contributed by atoms with Crippen LogP contribution < -0.4 is 0 Å². The zero-order valence-electron chi connectivity index (χ0n) is 28.3. The van der Waals surface area contributed by atoms with Crippen molar-refractivity contribution in [3.8, 4) is 11.1 Å². The Labute approximate surface area is 290 Å². The number of cyclic esters (lactones) is 1. The lowest BCUT2D eigenvalue weighted by atomic mass is 9.83. The summed E-state index contributed by atoms with van der Waals surface area (Å²) in [5.74, 6) is -1.34. The zero-order chi connectivity index (χ0) is 35.4. The van der Waals surface area contributed by atoms with Crippen LogP contribution in [0.2, 0.25) is 0 Å². The molecule has 9 heteroatoms. The Kier molecular flexibility index (Phi) is 10.7. The number of rotatable bonds is 10. The lowest BCUT2D eigenvalue weighted by molar-refractivity contribution is -0.137. The van der Waals surface area contributed by atoms with Gasteiger partial charge in [-0.25, -0.2) is 14.1 Å². The van der Waals surface area contributed by atoms with Crippen LogP contribution in [0.15, 0.2) is 97.1 Å². The molecule has 262 valence electrons. The molecule has 4 aromatic rings. The number of halogens is 4. The molecule has 2 aliphatic rings. The molecule has 2 saturated heterocycles. The number of nitrogens with zero attached hydrogens (tertiary/aromatic N) is 2. The topological polar surface area (TPSA) is 49.9 Å². The summed E-state index contributed by atoms with van der Waals surface area (Å²) in [6.07, 6.45) is -1.19. The van der Waals surface area contributed by atoms with Crippen LogP contribution in [0.5, 0.6) is 0 Å². The third-order valence-corrected chi connectivity index (χ3v) is 9.76. The minimum absolute atomic E-state index is 0.0876. The second-order valence-corrected chi connectivity index (χ2v) is 13.8. The standard InChI is InChI=1S/C41H42F4N2O3/c1-27(2)23-37(39(48)47-34(26-50-40(47)49)24-28-9-5-3-6-10-28)31-15-20-35(36(25-31)29-11-16-32(17-12-29)41(43,44)45)38(46-21-7-4-8-22-46)30-13-18-33(42)19-14-30/h3,5-6,9-20,25,27,34,37-38H,4,7-8,21-24,26H2,1-2H3/t34-,37-,38?/m1/s1. The van der Waals surface area contributed by atoms with Crippen molar-refractivity contribution in [1.29, 1.82) is 0 Å². The van der Waals surface area contributed by atoms with Crippen LogP contribution in [0.4, 0.5) is 22.4 Å². The molecule has 2 amide bonds. The predicted molar refractivity (Wildman–Crippen MR) is 185 cm³/mol. The Bertz CT molecular complexity index is 1770. The van der Waals surface area contributed by atoms with Crippen LogP contribution in [0.25, 0.3) is 11.1 Å². The maximum atomic E-state index is 14.5. The number of hydrogen-bond donors (Lipinski definition) is 0. The van der Waals surface area contributed by atoms with Gasteiger partial charge in [0.1, 0.15) is 12.4 Å². The molecule has 3 atom stereocenters. The van der Waals surface area contributed by atoms with Gasteiger partial charge >= 0.3 is 12.3 Å². The molecule has 4 aromatic carbocycles. The number of benzene rings is 4. The average molecular weight is 687 g/mol. The first-order chi connectivity index (χ1) is 24.0. The Hall–Kier alpha value is -4.50. The Morgan fingerprint density at radius 2 is 1.52 bits per heavy atom. The first-order valence-electron chi connectivity index (χ1n) is 17.3. The summed E-state index contributed by atoms with van der Waals surface area (Å²) in [5, 5.41) is 0. The molecule has 0 aromatic heterocycles. The molecule has 0 radical (unpaired) electrons. The van der Waals surface area contributed by atoms with Crippen molar-refractivity contribution < 1.29 is 31.9 Å². The fraction of sp³-hybridized carbons (Fsp3) is 0.366. The van der Waals surface area contributed by atoms with Gasteiger partial charge in [-0.1, -0.05) is 93.1 Å². The van der Waals surface area contributed by atoms with E-state index < -0.39 is 29.8 Å². The van der Waals surface area contributed by atoms with Crippen LogP contribution in [0, 0.1) is 11.7 Å². The predicted octanol–water partition coefficient (Wildman–Crippen LogP) is 9.81. The van der Waals surface area contributed by atoms with Gasteiger partial charge < -0.3 is 4.74 Å². The molecule has 0 bridgehead atoms. The van der Waals surface area contributed by atoms with Crippen LogP contribution in [-0.2, 0) is 22.1 Å². The molecule has 1 unspecified atom stereocenters. The number of imide groups is 1. The molecular formula is C41H42F4N2O3. The molecule has 6 rings (SSSR count). The smallest absolute Gasteiger partial charge is 0.417 e. The van der Waals surface area contributed by atoms with Crippen molar-refractivity contribution in [3.63, 3.8) is 0 Å². The number of piperidine rings is 1. The van der Waals surface area contributed by atoms with Gasteiger partial charge in [0, 0.05) is 0 Å². The Balaban J connectivity index is 1.46. The molecule has 0 spiro atoms. The quantitative estimate of drug-likeness (QED) is 0.156. The van der Waals surface area contributed by atoms with E-state index in [1.807, 2.05) is 62.4 Å². The summed E-state index contributed by atoms with van der Waals surface area (Å²) >= 11 is 0. The van der Waals surface area contributed by atoms with Gasteiger partial charge in [-0.15, -0.1) is 0 Å². The van der Waals surface area contributed by atoms with Crippen LogP contribution in [-0.4, -0.2) is 47.5 Å². The van der Waals surface area contributed by atoms with Gasteiger partial charge in [0.15, 0.2) is 0 Å². The van der Waals surface area contributed by atoms with Gasteiger partial charge in [-0.3, -0.25) is 9.69 Å². The van der Waals surface area contributed by atoms with Gasteiger partial charge in [-0.2, -0.15) is 13.2 Å². The van der Waals surface area contributed by atoms with E-state index in [4.69, 9.17) is 4.74 Å². The molecule has 2 heterocycles. The third kappa shape index (κ3) is 7.94. The van der Waals surface area contributed by atoms with Crippen molar-refractivity contribution in [3.05, 3.63) is 131 Å². The SMILES string of the molecule is CC(C)C[C@@H](C(=O)N1C(=O)OC[C@H]1Cc1ccccc1)c1ccc(C(c2ccc(F)cc2)N2CCCCC2)c(-c2ccc(C(F)(F)F)cc2)c1. The van der Waals surface area contributed by atoms with E-state index >= 15 is 0 Å². The second kappa shape index (κ2) is 15.2. The summed E-state index contributed by atoms with van der Waals surface area (Å²) in [6.45, 7) is 5.74. The highest BCUT2D eigenvalue weighted by atomic mass is 19.4. The Morgan fingerprint density at radius 1 is 0.860 bits per heavy atom. The average Bonchev–Trinajstić information content (AvgIpc) is 3.47. The Morgan fingerprint density at radius 3 is 2.16 bits per heavy atom. The lowest BCUT2D eigenvalue weighted by Crippen LogP contribution is -2.43. The number of carbonyl (C=O) groups excluding carboxylic acids is 2. The summed E-state index contributed by atoms with van der Waals surface area (Å²) in [5.41, 5.74) is 3.85. The van der Waals surface area contributed by atoms with Crippen molar-refractivity contribution >= 4 is 12.0 Å². The minimum atomic E-state index is -4.50. The summed E-state index contributed by atoms with van der Waals surface area (Å²) < 4.78 is 60.5. The van der Waals surface area contributed by atoms with Gasteiger partial charge in [0.05, 0.1) is 23.6 Å². The highest BCUT2D eigenvalue weighted by Crippen LogP contribution is 2.41. The first kappa shape index (κ1) is 35.3. The van der Waals surface area contributed by atoms with Gasteiger partial charge in [0.25, 0.3) is 0 Å². The van der Waals surface area contributed by atoms with Gasteiger partial charge in [0.2, 0.25) is 5.91 Å². The number of alkyl halides is 3. The highest BCUT2D eigenvalue weighted by Gasteiger charge is 2.42. The minimum Gasteiger partial charge on any atom is -0.447 e. The van der Waals surface area contributed by atoms with Gasteiger partial charge in [-0.05, 0) is 102 Å². The number of hydrogen-bond acceptors (Lipinski definition) is 4. The van der Waals surface area contributed by atoms with E-state index in [1.165, 1.54) is 29.2 Å². The number of ether oxygens (including phenoxy) is 1. The largest absolute Gasteiger partial charge is 0.447 e. The van der Waals surface area contributed by atoms with Crippen molar-refractivity contribution in [2.24, 2.45) is 5.92 Å². The molecule has 50 heavy (non-hydrogen) atoms. The van der Waals surface area contributed by atoms with E-state index in [1.54, 1.807) is 12.1 Å². The molecule has 0 saturated carbocycles. The van der Waals surface area contributed by atoms with E-state index in [-0.39, 0.29) is 30.3 Å². The monoisotopic (exact) mass is 686 g/mol. The third-order valence-electron chi connectivity index (χ3n) is 9.76. The van der Waals surface area contributed by atoms with E-state index in [9.17, 15) is 27.2 Å². The van der Waals surface area contributed by atoms with Crippen LogP contribution >= 0.6 is 0 Å². The van der Waals surface area contributed by atoms with Crippen molar-refractivity contribution in [2.75, 3.05) is 19.7 Å². The summed E-state index contributed by atoms with van der Waals surface area (Å²) in [6, 6.07) is 26.1. The van der Waals surface area contributed by atoms with Crippen molar-refractivity contribution in [2.45, 2.75) is 70.1 Å². The lowest BCUT2D eigenvalue weighted by Gasteiger charge is -2.36. The van der Waals surface area contributed by atoms with E-state index in [0.29, 0.717) is 29.5 Å². The van der Waals surface area contributed by atoms with Crippen molar-refractivity contribution in [1.82, 2.24) is 9.80 Å². The molecule has 5 nitrogen and oxygen atoms in total. The molecule has 2 fully saturated rings. The number of carbonyl (C=O) groups is 2. The molecule has 2 aliphatic heterocycles. The highest BCUT2D eigenvalue weighted by molar-refractivity contribution is 5.97. The normalized spacial score (nSPS) is 18.3. The number of likely N-dealkylation sites (tertiary alicyclic amines) is 1.